The highest BCUT2D eigenvalue weighted by atomic mass is 79.9. The van der Waals surface area contributed by atoms with Gasteiger partial charge in [-0.25, -0.2) is 4.98 Å². The average molecular weight is 380 g/mol. The third-order valence-electron chi connectivity index (χ3n) is 3.76. The van der Waals surface area contributed by atoms with Gasteiger partial charge in [-0.15, -0.1) is 0 Å². The first kappa shape index (κ1) is 16.0. The molecular weight excluding hydrogens is 362 g/mol. The van der Waals surface area contributed by atoms with Crippen molar-refractivity contribution < 1.29 is 13.9 Å². The number of halogens is 1. The molecule has 3 heterocycles. The zero-order valence-electron chi connectivity index (χ0n) is 12.9. The van der Waals surface area contributed by atoms with E-state index in [4.69, 9.17) is 9.15 Å². The maximum Gasteiger partial charge on any atom is 0.289 e. The molecule has 2 aromatic heterocycles. The van der Waals surface area contributed by atoms with E-state index in [0.29, 0.717) is 31.2 Å². The zero-order valence-corrected chi connectivity index (χ0v) is 14.5. The highest BCUT2D eigenvalue weighted by molar-refractivity contribution is 9.10. The Balaban J connectivity index is 1.59. The van der Waals surface area contributed by atoms with E-state index in [0.717, 1.165) is 23.4 Å². The quantitative estimate of drug-likeness (QED) is 0.816. The molecule has 0 radical (unpaired) electrons. The van der Waals surface area contributed by atoms with Crippen molar-refractivity contribution in [3.8, 4) is 0 Å². The second kappa shape index (κ2) is 7.14. The number of pyridine rings is 1. The fourth-order valence-corrected chi connectivity index (χ4v) is 2.80. The first-order chi connectivity index (χ1) is 11.2. The Morgan fingerprint density at radius 1 is 1.26 bits per heavy atom. The second-order valence-electron chi connectivity index (χ2n) is 5.31. The highest BCUT2D eigenvalue weighted by Crippen LogP contribution is 2.18. The van der Waals surface area contributed by atoms with Gasteiger partial charge in [0.15, 0.2) is 5.76 Å². The molecule has 0 atom stereocenters. The molecule has 122 valence electrons. The van der Waals surface area contributed by atoms with E-state index < -0.39 is 0 Å². The van der Waals surface area contributed by atoms with E-state index in [2.05, 4.69) is 25.8 Å². The van der Waals surface area contributed by atoms with E-state index in [-0.39, 0.29) is 5.91 Å². The Hall–Kier alpha value is -1.86. The van der Waals surface area contributed by atoms with Gasteiger partial charge in [-0.05, 0) is 40.2 Å². The smallest absolute Gasteiger partial charge is 0.289 e. The summed E-state index contributed by atoms with van der Waals surface area (Å²) in [5.41, 5.74) is 0. The minimum Gasteiger partial charge on any atom is -0.453 e. The first-order valence-electron chi connectivity index (χ1n) is 7.41. The van der Waals surface area contributed by atoms with Crippen LogP contribution in [0, 0.1) is 0 Å². The molecule has 0 aliphatic carbocycles. The molecule has 23 heavy (non-hydrogen) atoms. The normalized spacial score (nSPS) is 15.0. The van der Waals surface area contributed by atoms with Crippen molar-refractivity contribution in [3.63, 3.8) is 0 Å². The summed E-state index contributed by atoms with van der Waals surface area (Å²) in [6.45, 7) is 3.18. The van der Waals surface area contributed by atoms with Gasteiger partial charge in [0.25, 0.3) is 5.91 Å². The predicted molar refractivity (Wildman–Crippen MR) is 89.5 cm³/mol. The number of nitrogens with zero attached hydrogens (tertiary/aromatic N) is 3. The number of piperazine rings is 1. The first-order valence-corrected chi connectivity index (χ1v) is 8.20. The number of aromatic nitrogens is 1. The summed E-state index contributed by atoms with van der Waals surface area (Å²) in [5.74, 6) is 1.89. The maximum absolute atomic E-state index is 12.5. The molecule has 0 aromatic carbocycles. The van der Waals surface area contributed by atoms with Gasteiger partial charge in [0.2, 0.25) is 0 Å². The molecule has 7 heteroatoms. The van der Waals surface area contributed by atoms with Crippen LogP contribution in [0.1, 0.15) is 16.3 Å². The maximum atomic E-state index is 12.5. The van der Waals surface area contributed by atoms with Crippen LogP contribution in [-0.2, 0) is 11.3 Å². The molecule has 1 fully saturated rings. The Kier molecular flexibility index (Phi) is 4.97. The van der Waals surface area contributed by atoms with Gasteiger partial charge >= 0.3 is 0 Å². The predicted octanol–water partition coefficient (Wildman–Crippen LogP) is 2.55. The fraction of sp³-hybridized carbons (Fsp3) is 0.375. The number of carbonyl (C=O) groups is 1. The lowest BCUT2D eigenvalue weighted by Crippen LogP contribution is -2.49. The summed E-state index contributed by atoms with van der Waals surface area (Å²) in [6.07, 6.45) is 1.78. The van der Waals surface area contributed by atoms with Crippen LogP contribution in [0.4, 0.5) is 5.82 Å². The summed E-state index contributed by atoms with van der Waals surface area (Å²) in [4.78, 5) is 20.8. The van der Waals surface area contributed by atoms with Crippen molar-refractivity contribution in [2.75, 3.05) is 38.2 Å². The van der Waals surface area contributed by atoms with E-state index in [1.165, 1.54) is 0 Å². The third kappa shape index (κ3) is 3.73. The average Bonchev–Trinajstić information content (AvgIpc) is 3.04. The SMILES string of the molecule is COCc1ccc(C(=O)N2CCN(c3ccc(Br)cn3)CC2)o1. The lowest BCUT2D eigenvalue weighted by Gasteiger charge is -2.35. The molecular formula is C16H18BrN3O3. The van der Waals surface area contributed by atoms with Crippen molar-refractivity contribution in [1.82, 2.24) is 9.88 Å². The van der Waals surface area contributed by atoms with Crippen molar-refractivity contribution in [1.29, 1.82) is 0 Å². The van der Waals surface area contributed by atoms with Crippen LogP contribution in [-0.4, -0.2) is 49.1 Å². The molecule has 0 spiro atoms. The third-order valence-corrected chi connectivity index (χ3v) is 4.23. The van der Waals surface area contributed by atoms with Crippen LogP contribution in [0.2, 0.25) is 0 Å². The van der Waals surface area contributed by atoms with Crippen LogP contribution in [0.3, 0.4) is 0 Å². The Morgan fingerprint density at radius 3 is 2.70 bits per heavy atom. The van der Waals surface area contributed by atoms with E-state index in [1.807, 2.05) is 17.0 Å². The topological polar surface area (TPSA) is 58.8 Å². The molecule has 0 N–H and O–H groups in total. The van der Waals surface area contributed by atoms with E-state index in [9.17, 15) is 4.79 Å². The highest BCUT2D eigenvalue weighted by Gasteiger charge is 2.24. The number of rotatable bonds is 4. The minimum atomic E-state index is -0.0734. The van der Waals surface area contributed by atoms with E-state index in [1.54, 1.807) is 25.4 Å². The molecule has 0 saturated carbocycles. The fourth-order valence-electron chi connectivity index (χ4n) is 2.56. The van der Waals surface area contributed by atoms with Crippen molar-refractivity contribution in [2.24, 2.45) is 0 Å². The monoisotopic (exact) mass is 379 g/mol. The van der Waals surface area contributed by atoms with Gasteiger partial charge < -0.3 is 19.0 Å². The molecule has 6 nitrogen and oxygen atoms in total. The number of furan rings is 1. The Bertz CT molecular complexity index is 663. The van der Waals surface area contributed by atoms with Gasteiger partial charge in [-0.3, -0.25) is 4.79 Å². The van der Waals surface area contributed by atoms with E-state index >= 15 is 0 Å². The molecule has 1 saturated heterocycles. The lowest BCUT2D eigenvalue weighted by atomic mass is 10.2. The summed E-state index contributed by atoms with van der Waals surface area (Å²) in [5, 5.41) is 0. The number of anilines is 1. The number of hydrogen-bond acceptors (Lipinski definition) is 5. The number of amides is 1. The summed E-state index contributed by atoms with van der Waals surface area (Å²) in [6, 6.07) is 7.43. The summed E-state index contributed by atoms with van der Waals surface area (Å²) >= 11 is 3.38. The van der Waals surface area contributed by atoms with Crippen LogP contribution >= 0.6 is 15.9 Å². The molecule has 2 aromatic rings. The number of methoxy groups -OCH3 is 1. The summed E-state index contributed by atoms with van der Waals surface area (Å²) in [7, 11) is 1.60. The van der Waals surface area contributed by atoms with Crippen molar-refractivity contribution >= 4 is 27.7 Å². The van der Waals surface area contributed by atoms with Crippen LogP contribution < -0.4 is 4.90 Å². The second-order valence-corrected chi connectivity index (χ2v) is 6.23. The number of ether oxygens (including phenoxy) is 1. The van der Waals surface area contributed by atoms with Gasteiger partial charge in [-0.2, -0.15) is 0 Å². The van der Waals surface area contributed by atoms with Crippen LogP contribution in [0.5, 0.6) is 0 Å². The van der Waals surface area contributed by atoms with Gasteiger partial charge in [0.05, 0.1) is 0 Å². The zero-order chi connectivity index (χ0) is 16.2. The number of carbonyl (C=O) groups excluding carboxylic acids is 1. The Labute approximate surface area is 143 Å². The van der Waals surface area contributed by atoms with Crippen LogP contribution in [0.25, 0.3) is 0 Å². The molecule has 1 aliphatic heterocycles. The number of hydrogen-bond donors (Lipinski definition) is 0. The van der Waals surface area contributed by atoms with Gasteiger partial charge in [0.1, 0.15) is 18.2 Å². The van der Waals surface area contributed by atoms with Crippen LogP contribution in [0.15, 0.2) is 39.4 Å². The van der Waals surface area contributed by atoms with Gasteiger partial charge in [0, 0.05) is 44.0 Å². The minimum absolute atomic E-state index is 0.0734. The van der Waals surface area contributed by atoms with Crippen molar-refractivity contribution in [2.45, 2.75) is 6.61 Å². The molecule has 0 unspecified atom stereocenters. The lowest BCUT2D eigenvalue weighted by molar-refractivity contribution is 0.0707. The standard InChI is InChI=1S/C16H18BrN3O3/c1-22-11-13-3-4-14(23-13)16(21)20-8-6-19(7-9-20)15-5-2-12(17)10-18-15/h2-5,10H,6-9,11H2,1H3. The largest absolute Gasteiger partial charge is 0.453 e. The van der Waals surface area contributed by atoms with Crippen molar-refractivity contribution in [3.05, 3.63) is 46.5 Å². The molecule has 1 amide bonds. The Morgan fingerprint density at radius 2 is 2.04 bits per heavy atom. The molecule has 0 bridgehead atoms. The summed E-state index contributed by atoms with van der Waals surface area (Å²) < 4.78 is 11.5. The van der Waals surface area contributed by atoms with Gasteiger partial charge in [-0.1, -0.05) is 0 Å². The molecule has 1 aliphatic rings. The molecule has 3 rings (SSSR count).